The van der Waals surface area contributed by atoms with Gasteiger partial charge in [-0.15, -0.1) is 11.3 Å². The van der Waals surface area contributed by atoms with Gasteiger partial charge in [0.25, 0.3) is 0 Å². The fourth-order valence-corrected chi connectivity index (χ4v) is 4.54. The van der Waals surface area contributed by atoms with Gasteiger partial charge in [0.1, 0.15) is 0 Å². The maximum atomic E-state index is 13.0. The molecule has 9 heteroatoms. The fraction of sp³-hybridized carbons (Fsp3) is 0.545. The summed E-state index contributed by atoms with van der Waals surface area (Å²) in [5.74, 6) is 0.307. The fourth-order valence-electron chi connectivity index (χ4n) is 3.98. The van der Waals surface area contributed by atoms with Crippen LogP contribution in [0.3, 0.4) is 0 Å². The number of carbonyl (C=O) groups excluding carboxylic acids is 2. The third kappa shape index (κ3) is 6.32. The Morgan fingerprint density at radius 1 is 1.29 bits per heavy atom. The molecule has 0 radical (unpaired) electrons. The van der Waals surface area contributed by atoms with Gasteiger partial charge in [-0.05, 0) is 30.4 Å². The summed E-state index contributed by atoms with van der Waals surface area (Å²) >= 11 is 1.46. The van der Waals surface area contributed by atoms with Gasteiger partial charge in [0.2, 0.25) is 11.8 Å². The van der Waals surface area contributed by atoms with Crippen molar-refractivity contribution in [2.45, 2.75) is 32.0 Å². The molecule has 2 aromatic heterocycles. The van der Waals surface area contributed by atoms with Crippen molar-refractivity contribution >= 4 is 23.2 Å². The quantitative estimate of drug-likeness (QED) is 0.647. The van der Waals surface area contributed by atoms with Gasteiger partial charge in [0.05, 0.1) is 36.9 Å². The van der Waals surface area contributed by atoms with Crippen LogP contribution in [0.1, 0.15) is 24.1 Å². The first kappa shape index (κ1) is 21.9. The van der Waals surface area contributed by atoms with Crippen molar-refractivity contribution in [2.24, 2.45) is 5.92 Å². The highest BCUT2D eigenvalue weighted by Gasteiger charge is 2.32. The largest absolute Gasteiger partial charge is 0.381 e. The summed E-state index contributed by atoms with van der Waals surface area (Å²) in [4.78, 5) is 37.8. The summed E-state index contributed by atoms with van der Waals surface area (Å²) in [6.45, 7) is 3.52. The third-order valence-corrected chi connectivity index (χ3v) is 6.36. The lowest BCUT2D eigenvalue weighted by Crippen LogP contribution is -2.42. The minimum atomic E-state index is -0.258. The zero-order valence-corrected chi connectivity index (χ0v) is 18.3. The Kier molecular flexibility index (Phi) is 7.61. The molecule has 0 bridgehead atoms. The van der Waals surface area contributed by atoms with E-state index in [2.05, 4.69) is 9.97 Å². The molecular formula is C22H28N4O4S. The SMILES string of the molecule is O=C(Cc1cscn1)N1CC(=O)N(CC2CCOCC2)C[C@@H](OCc2cccnc2)C1. The number of amides is 2. The van der Waals surface area contributed by atoms with E-state index in [4.69, 9.17) is 9.47 Å². The average molecular weight is 445 g/mol. The molecule has 0 saturated carbocycles. The summed E-state index contributed by atoms with van der Waals surface area (Å²) < 4.78 is 11.6. The first-order valence-electron chi connectivity index (χ1n) is 10.7. The van der Waals surface area contributed by atoms with Crippen molar-refractivity contribution < 1.29 is 19.1 Å². The van der Waals surface area contributed by atoms with Gasteiger partial charge in [0, 0.05) is 50.6 Å². The van der Waals surface area contributed by atoms with E-state index in [1.807, 2.05) is 22.4 Å². The molecule has 31 heavy (non-hydrogen) atoms. The Balaban J connectivity index is 1.44. The van der Waals surface area contributed by atoms with E-state index in [0.29, 0.717) is 32.2 Å². The van der Waals surface area contributed by atoms with Gasteiger partial charge in [-0.1, -0.05) is 6.07 Å². The van der Waals surface area contributed by atoms with Crippen LogP contribution < -0.4 is 0 Å². The van der Waals surface area contributed by atoms with Gasteiger partial charge in [-0.3, -0.25) is 14.6 Å². The summed E-state index contributed by atoms with van der Waals surface area (Å²) in [5, 5.41) is 1.87. The minimum absolute atomic E-state index is 0.0226. The molecule has 2 fully saturated rings. The van der Waals surface area contributed by atoms with Crippen LogP contribution in [0.4, 0.5) is 0 Å². The first-order valence-corrected chi connectivity index (χ1v) is 11.6. The molecule has 2 amide bonds. The molecule has 0 spiro atoms. The van der Waals surface area contributed by atoms with Crippen molar-refractivity contribution in [1.82, 2.24) is 19.8 Å². The van der Waals surface area contributed by atoms with Crippen LogP contribution in [0.15, 0.2) is 35.4 Å². The lowest BCUT2D eigenvalue weighted by molar-refractivity contribution is -0.138. The smallest absolute Gasteiger partial charge is 0.242 e. The number of aromatic nitrogens is 2. The standard InChI is InChI=1S/C22H28N4O4S/c27-21(8-19-15-31-16-24-19)26-12-20(30-14-18-2-1-5-23-9-18)11-25(22(28)13-26)10-17-3-6-29-7-4-17/h1-2,5,9,15-17,20H,3-4,6-8,10-14H2/t20-/m1/s1. The second kappa shape index (κ2) is 10.8. The van der Waals surface area contributed by atoms with Crippen molar-refractivity contribution in [1.29, 1.82) is 0 Å². The molecule has 0 unspecified atom stereocenters. The third-order valence-electron chi connectivity index (χ3n) is 5.72. The predicted octanol–water partition coefficient (Wildman–Crippen LogP) is 1.76. The summed E-state index contributed by atoms with van der Waals surface area (Å²) in [5.41, 5.74) is 3.42. The predicted molar refractivity (Wildman–Crippen MR) is 115 cm³/mol. The summed E-state index contributed by atoms with van der Waals surface area (Å²) in [6, 6.07) is 3.83. The van der Waals surface area contributed by atoms with Crippen LogP contribution in [0.2, 0.25) is 0 Å². The molecule has 0 N–H and O–H groups in total. The first-order chi connectivity index (χ1) is 15.2. The van der Waals surface area contributed by atoms with Gasteiger partial charge in [-0.2, -0.15) is 0 Å². The zero-order valence-electron chi connectivity index (χ0n) is 17.5. The normalized spacial score (nSPS) is 20.6. The molecule has 8 nitrogen and oxygen atoms in total. The van der Waals surface area contributed by atoms with Crippen LogP contribution in [-0.4, -0.2) is 77.1 Å². The molecule has 2 aromatic rings. The van der Waals surface area contributed by atoms with Gasteiger partial charge in [-0.25, -0.2) is 4.98 Å². The average Bonchev–Trinajstić information content (AvgIpc) is 3.25. The van der Waals surface area contributed by atoms with E-state index in [0.717, 1.165) is 37.3 Å². The topological polar surface area (TPSA) is 84.9 Å². The summed E-state index contributed by atoms with van der Waals surface area (Å²) in [7, 11) is 0. The van der Waals surface area contributed by atoms with Crippen LogP contribution in [-0.2, 0) is 32.1 Å². The van der Waals surface area contributed by atoms with Crippen molar-refractivity contribution in [3.63, 3.8) is 0 Å². The summed E-state index contributed by atoms with van der Waals surface area (Å²) in [6.07, 6.45) is 5.35. The van der Waals surface area contributed by atoms with E-state index in [-0.39, 0.29) is 30.9 Å². The molecule has 0 aliphatic carbocycles. The van der Waals surface area contributed by atoms with Crippen LogP contribution in [0.5, 0.6) is 0 Å². The van der Waals surface area contributed by atoms with Crippen molar-refractivity contribution in [2.75, 3.05) is 39.4 Å². The van der Waals surface area contributed by atoms with Gasteiger partial charge >= 0.3 is 0 Å². The lowest BCUT2D eigenvalue weighted by atomic mass is 9.99. The number of hydrogen-bond acceptors (Lipinski definition) is 7. The highest BCUT2D eigenvalue weighted by molar-refractivity contribution is 7.07. The molecule has 166 valence electrons. The Bertz CT molecular complexity index is 842. The molecule has 0 aromatic carbocycles. The number of nitrogens with zero attached hydrogens (tertiary/aromatic N) is 4. The molecule has 4 heterocycles. The number of carbonyl (C=O) groups is 2. The number of thiazole rings is 1. The number of rotatable bonds is 7. The molecule has 2 saturated heterocycles. The molecule has 1 atom stereocenters. The van der Waals surface area contributed by atoms with E-state index in [9.17, 15) is 9.59 Å². The minimum Gasteiger partial charge on any atom is -0.381 e. The van der Waals surface area contributed by atoms with Crippen molar-refractivity contribution in [3.8, 4) is 0 Å². The second-order valence-corrected chi connectivity index (χ2v) is 8.80. The van der Waals surface area contributed by atoms with Crippen LogP contribution in [0, 0.1) is 5.92 Å². The van der Waals surface area contributed by atoms with Gasteiger partial charge < -0.3 is 19.3 Å². The van der Waals surface area contributed by atoms with E-state index in [1.165, 1.54) is 11.3 Å². The monoisotopic (exact) mass is 444 g/mol. The van der Waals surface area contributed by atoms with E-state index >= 15 is 0 Å². The Labute approximate surface area is 186 Å². The Morgan fingerprint density at radius 2 is 2.16 bits per heavy atom. The number of pyridine rings is 1. The Hall–Kier alpha value is -2.36. The van der Waals surface area contributed by atoms with Crippen LogP contribution >= 0.6 is 11.3 Å². The zero-order chi connectivity index (χ0) is 21.5. The van der Waals surface area contributed by atoms with Crippen LogP contribution in [0.25, 0.3) is 0 Å². The van der Waals surface area contributed by atoms with E-state index in [1.54, 1.807) is 22.8 Å². The Morgan fingerprint density at radius 3 is 2.90 bits per heavy atom. The molecule has 4 rings (SSSR count). The molecule has 2 aliphatic heterocycles. The maximum Gasteiger partial charge on any atom is 0.242 e. The highest BCUT2D eigenvalue weighted by atomic mass is 32.1. The molecular weight excluding hydrogens is 416 g/mol. The number of ether oxygens (including phenoxy) is 2. The van der Waals surface area contributed by atoms with E-state index < -0.39 is 0 Å². The van der Waals surface area contributed by atoms with Crippen molar-refractivity contribution in [3.05, 3.63) is 46.7 Å². The lowest BCUT2D eigenvalue weighted by Gasteiger charge is -2.30. The van der Waals surface area contributed by atoms with Gasteiger partial charge in [0.15, 0.2) is 0 Å². The maximum absolute atomic E-state index is 13.0. The molecule has 2 aliphatic rings. The number of hydrogen-bond donors (Lipinski definition) is 0. The second-order valence-electron chi connectivity index (χ2n) is 8.08. The highest BCUT2D eigenvalue weighted by Crippen LogP contribution is 2.19.